The van der Waals surface area contributed by atoms with Crippen molar-refractivity contribution in [2.24, 2.45) is 5.41 Å². The number of piperidine rings is 1. The van der Waals surface area contributed by atoms with Crippen LogP contribution in [0.5, 0.6) is 0 Å². The molecule has 0 aromatic carbocycles. The zero-order valence-corrected chi connectivity index (χ0v) is 15.9. The average Bonchev–Trinajstić information content (AvgIpc) is 3.29. The molecule has 3 amide bonds. The molecule has 0 bridgehead atoms. The Morgan fingerprint density at radius 2 is 2.11 bits per heavy atom. The zero-order valence-electron chi connectivity index (χ0n) is 15.9. The highest BCUT2D eigenvalue weighted by atomic mass is 16.5. The number of ether oxygens (including phenoxy) is 1. The number of carbonyl (C=O) groups is 3. The van der Waals surface area contributed by atoms with E-state index in [1.54, 1.807) is 36.1 Å². The lowest BCUT2D eigenvalue weighted by Crippen LogP contribution is -2.46. The molecule has 0 radical (unpaired) electrons. The molecule has 148 valence electrons. The second kappa shape index (κ2) is 8.12. The summed E-state index contributed by atoms with van der Waals surface area (Å²) in [7, 11) is 3.31. The molecule has 3 heterocycles. The summed E-state index contributed by atoms with van der Waals surface area (Å²) in [5.74, 6) is 0.0489. The summed E-state index contributed by atoms with van der Waals surface area (Å²) in [6.07, 6.45) is 3.85. The highest BCUT2D eigenvalue weighted by Crippen LogP contribution is 2.44. The fraction of sp³-hybridized carbons (Fsp3) is 0.632. The minimum atomic E-state index is -0.552. The standard InChI is InChI=1S/C19H27N3O5/c1-21-14(16(23)20-8-4-11-26-2)13-19(18(21)25)6-9-22(10-7-19)17(24)15-5-3-12-27-15/h3,5,12,14H,4,6-11,13H2,1-2H3,(H,20,23). The first kappa shape index (κ1) is 19.4. The second-order valence-electron chi connectivity index (χ2n) is 7.32. The number of hydrogen-bond acceptors (Lipinski definition) is 5. The fourth-order valence-electron chi connectivity index (χ4n) is 4.04. The van der Waals surface area contributed by atoms with Crippen molar-refractivity contribution in [3.63, 3.8) is 0 Å². The van der Waals surface area contributed by atoms with Gasteiger partial charge in [-0.15, -0.1) is 0 Å². The monoisotopic (exact) mass is 377 g/mol. The first-order valence-electron chi connectivity index (χ1n) is 9.35. The molecule has 1 aromatic heterocycles. The van der Waals surface area contributed by atoms with Crippen LogP contribution in [0, 0.1) is 5.41 Å². The third kappa shape index (κ3) is 3.85. The van der Waals surface area contributed by atoms with Crippen LogP contribution in [0.4, 0.5) is 0 Å². The van der Waals surface area contributed by atoms with Gasteiger partial charge in [0, 0.05) is 40.4 Å². The third-order valence-corrected chi connectivity index (χ3v) is 5.69. The van der Waals surface area contributed by atoms with Gasteiger partial charge in [0.25, 0.3) is 5.91 Å². The number of rotatable bonds is 6. The molecule has 0 saturated carbocycles. The Balaban J connectivity index is 1.58. The van der Waals surface area contributed by atoms with Crippen LogP contribution in [-0.2, 0) is 14.3 Å². The summed E-state index contributed by atoms with van der Waals surface area (Å²) in [6.45, 7) is 2.09. The fourth-order valence-corrected chi connectivity index (χ4v) is 4.04. The number of nitrogens with one attached hydrogen (secondary N) is 1. The van der Waals surface area contributed by atoms with E-state index in [1.807, 2.05) is 0 Å². The minimum Gasteiger partial charge on any atom is -0.459 e. The zero-order chi connectivity index (χ0) is 19.4. The first-order chi connectivity index (χ1) is 13.0. The van der Waals surface area contributed by atoms with Crippen LogP contribution >= 0.6 is 0 Å². The van der Waals surface area contributed by atoms with Crippen molar-refractivity contribution in [1.82, 2.24) is 15.1 Å². The van der Waals surface area contributed by atoms with Gasteiger partial charge in [0.05, 0.1) is 11.7 Å². The number of likely N-dealkylation sites (tertiary alicyclic amines) is 2. The molecule has 2 aliphatic heterocycles. The molecule has 2 aliphatic rings. The number of hydrogen-bond donors (Lipinski definition) is 1. The highest BCUT2D eigenvalue weighted by molar-refractivity contribution is 5.95. The summed E-state index contributed by atoms with van der Waals surface area (Å²) < 4.78 is 10.2. The molecule has 3 rings (SSSR count). The molecule has 27 heavy (non-hydrogen) atoms. The average molecular weight is 377 g/mol. The van der Waals surface area contributed by atoms with Gasteiger partial charge >= 0.3 is 0 Å². The van der Waals surface area contributed by atoms with Gasteiger partial charge in [-0.05, 0) is 37.8 Å². The number of likely N-dealkylation sites (N-methyl/N-ethyl adjacent to an activating group) is 1. The molecule has 1 N–H and O–H groups in total. The van der Waals surface area contributed by atoms with Crippen molar-refractivity contribution < 1.29 is 23.5 Å². The van der Waals surface area contributed by atoms with Crippen LogP contribution in [0.3, 0.4) is 0 Å². The molecule has 8 heteroatoms. The number of amides is 3. The number of furan rings is 1. The Morgan fingerprint density at radius 3 is 2.74 bits per heavy atom. The van der Waals surface area contributed by atoms with Gasteiger partial charge in [-0.2, -0.15) is 0 Å². The predicted molar refractivity (Wildman–Crippen MR) is 97.0 cm³/mol. The van der Waals surface area contributed by atoms with Gasteiger partial charge < -0.3 is 24.3 Å². The van der Waals surface area contributed by atoms with E-state index in [0.29, 0.717) is 51.3 Å². The summed E-state index contributed by atoms with van der Waals surface area (Å²) in [4.78, 5) is 41.1. The van der Waals surface area contributed by atoms with Crippen molar-refractivity contribution in [2.75, 3.05) is 40.4 Å². The molecule has 1 atom stereocenters. The van der Waals surface area contributed by atoms with Gasteiger partial charge in [-0.1, -0.05) is 0 Å². The van der Waals surface area contributed by atoms with Crippen LogP contribution in [-0.4, -0.2) is 74.0 Å². The Kier molecular flexibility index (Phi) is 5.84. The first-order valence-corrected chi connectivity index (χ1v) is 9.35. The lowest BCUT2D eigenvalue weighted by molar-refractivity contribution is -0.139. The predicted octanol–water partition coefficient (Wildman–Crippen LogP) is 0.885. The normalized spacial score (nSPS) is 21.7. The lowest BCUT2D eigenvalue weighted by atomic mass is 9.76. The maximum absolute atomic E-state index is 12.9. The van der Waals surface area contributed by atoms with E-state index in [0.717, 1.165) is 6.42 Å². The third-order valence-electron chi connectivity index (χ3n) is 5.69. The second-order valence-corrected chi connectivity index (χ2v) is 7.32. The lowest BCUT2D eigenvalue weighted by Gasteiger charge is -2.37. The SMILES string of the molecule is COCCCNC(=O)C1CC2(CCN(C(=O)c3ccco3)CC2)C(=O)N1C. The van der Waals surface area contributed by atoms with Gasteiger partial charge in [-0.3, -0.25) is 14.4 Å². The molecule has 1 spiro atoms. The molecule has 8 nitrogen and oxygen atoms in total. The van der Waals surface area contributed by atoms with E-state index in [2.05, 4.69) is 5.32 Å². The van der Waals surface area contributed by atoms with E-state index in [4.69, 9.17) is 9.15 Å². The molecular weight excluding hydrogens is 350 g/mol. The molecule has 2 fully saturated rings. The Labute approximate surface area is 158 Å². The number of methoxy groups -OCH3 is 1. The Bertz CT molecular complexity index is 680. The maximum Gasteiger partial charge on any atom is 0.289 e. The van der Waals surface area contributed by atoms with Crippen molar-refractivity contribution in [1.29, 1.82) is 0 Å². The van der Waals surface area contributed by atoms with Crippen molar-refractivity contribution in [3.8, 4) is 0 Å². The minimum absolute atomic E-state index is 0.00430. The molecular formula is C19H27N3O5. The summed E-state index contributed by atoms with van der Waals surface area (Å²) in [5.41, 5.74) is -0.552. The Morgan fingerprint density at radius 1 is 1.37 bits per heavy atom. The van der Waals surface area contributed by atoms with E-state index >= 15 is 0 Å². The quantitative estimate of drug-likeness (QED) is 0.743. The maximum atomic E-state index is 12.9. The molecule has 1 aromatic rings. The summed E-state index contributed by atoms with van der Waals surface area (Å²) >= 11 is 0. The van der Waals surface area contributed by atoms with Crippen molar-refractivity contribution in [3.05, 3.63) is 24.2 Å². The number of carbonyl (C=O) groups excluding carboxylic acids is 3. The van der Waals surface area contributed by atoms with Crippen molar-refractivity contribution in [2.45, 2.75) is 31.7 Å². The van der Waals surface area contributed by atoms with Crippen LogP contribution in [0.1, 0.15) is 36.2 Å². The van der Waals surface area contributed by atoms with Gasteiger partial charge in [0.2, 0.25) is 11.8 Å². The van der Waals surface area contributed by atoms with E-state index < -0.39 is 11.5 Å². The summed E-state index contributed by atoms with van der Waals surface area (Å²) in [5, 5.41) is 2.89. The van der Waals surface area contributed by atoms with Crippen molar-refractivity contribution >= 4 is 17.7 Å². The highest BCUT2D eigenvalue weighted by Gasteiger charge is 2.53. The van der Waals surface area contributed by atoms with Gasteiger partial charge in [0.1, 0.15) is 6.04 Å². The van der Waals surface area contributed by atoms with Crippen LogP contribution in [0.15, 0.2) is 22.8 Å². The summed E-state index contributed by atoms with van der Waals surface area (Å²) in [6, 6.07) is 2.88. The van der Waals surface area contributed by atoms with E-state index in [1.165, 1.54) is 6.26 Å². The Hall–Kier alpha value is -2.35. The van der Waals surface area contributed by atoms with Gasteiger partial charge in [-0.25, -0.2) is 0 Å². The van der Waals surface area contributed by atoms with Crippen LogP contribution in [0.25, 0.3) is 0 Å². The largest absolute Gasteiger partial charge is 0.459 e. The topological polar surface area (TPSA) is 92.1 Å². The van der Waals surface area contributed by atoms with Crippen LogP contribution < -0.4 is 5.32 Å². The number of nitrogens with zero attached hydrogens (tertiary/aromatic N) is 2. The smallest absolute Gasteiger partial charge is 0.289 e. The van der Waals surface area contributed by atoms with Gasteiger partial charge in [0.15, 0.2) is 5.76 Å². The van der Waals surface area contributed by atoms with Crippen LogP contribution in [0.2, 0.25) is 0 Å². The van der Waals surface area contributed by atoms with E-state index in [-0.39, 0.29) is 17.7 Å². The molecule has 1 unspecified atom stereocenters. The molecule has 2 saturated heterocycles. The molecule has 0 aliphatic carbocycles. The van der Waals surface area contributed by atoms with E-state index in [9.17, 15) is 14.4 Å².